The van der Waals surface area contributed by atoms with Crippen LogP contribution in [0, 0.1) is 16.7 Å². The van der Waals surface area contributed by atoms with Gasteiger partial charge in [0.1, 0.15) is 0 Å². The average molecular weight is 553 g/mol. The van der Waals surface area contributed by atoms with Gasteiger partial charge in [0.2, 0.25) is 5.91 Å². The van der Waals surface area contributed by atoms with Gasteiger partial charge in [0, 0.05) is 43.3 Å². The largest absolute Gasteiger partial charge is 0.394 e. The zero-order valence-corrected chi connectivity index (χ0v) is 22.7. The van der Waals surface area contributed by atoms with Gasteiger partial charge in [0.25, 0.3) is 5.89 Å². The van der Waals surface area contributed by atoms with E-state index in [1.807, 2.05) is 24.3 Å². The van der Waals surface area contributed by atoms with E-state index in [4.69, 9.17) is 9.26 Å². The molecule has 1 aromatic heterocycles. The number of nitrogens with zero attached hydrogens (tertiary/aromatic N) is 4. The van der Waals surface area contributed by atoms with Gasteiger partial charge in [-0.2, -0.15) is 18.2 Å². The van der Waals surface area contributed by atoms with Gasteiger partial charge in [-0.15, -0.1) is 0 Å². The lowest BCUT2D eigenvalue weighted by Crippen LogP contribution is -2.66. The minimum Gasteiger partial charge on any atom is -0.380 e. The van der Waals surface area contributed by atoms with Crippen LogP contribution in [0.1, 0.15) is 64.6 Å². The zero-order valence-electron chi connectivity index (χ0n) is 22.7. The highest BCUT2D eigenvalue weighted by atomic mass is 19.4. The molecule has 1 spiro atoms. The Hall–Kier alpha value is -2.69. The van der Waals surface area contributed by atoms with Gasteiger partial charge in [-0.05, 0) is 57.7 Å². The molecule has 1 aromatic carbocycles. The number of ether oxygens (including phenoxy) is 1. The molecule has 214 valence electrons. The molecule has 3 aliphatic rings. The number of aromatic nitrogens is 2. The highest BCUT2D eigenvalue weighted by Crippen LogP contribution is 2.56. The number of hydrogen-bond donors (Lipinski definition) is 0. The van der Waals surface area contributed by atoms with Crippen LogP contribution < -0.4 is 9.80 Å². The number of aryl methyl sites for hydroxylation is 1. The van der Waals surface area contributed by atoms with Crippen LogP contribution in [0.15, 0.2) is 28.8 Å². The van der Waals surface area contributed by atoms with Crippen molar-refractivity contribution in [3.05, 3.63) is 36.0 Å². The maximum atomic E-state index is 14.0. The van der Waals surface area contributed by atoms with E-state index in [-0.39, 0.29) is 30.1 Å². The molecule has 3 fully saturated rings. The first-order chi connectivity index (χ1) is 18.3. The molecule has 0 N–H and O–H groups in total. The van der Waals surface area contributed by atoms with Crippen molar-refractivity contribution >= 4 is 17.3 Å². The smallest absolute Gasteiger partial charge is 0.380 e. The lowest BCUT2D eigenvalue weighted by molar-refractivity contribution is -0.253. The number of unbranched alkanes of at least 4 members (excludes halogenated alkanes) is 2. The minimum absolute atomic E-state index is 0.0570. The second kappa shape index (κ2) is 10.1. The molecular formula is C28H36F4N4O3. The van der Waals surface area contributed by atoms with E-state index in [9.17, 15) is 22.4 Å². The summed E-state index contributed by atoms with van der Waals surface area (Å²) < 4.78 is 64.7. The quantitative estimate of drug-likeness (QED) is 0.273. The van der Waals surface area contributed by atoms with Crippen molar-refractivity contribution in [2.45, 2.75) is 71.1 Å². The standard InChI is InChI=1S/C28H36F4N4O3/c1-25(2,29)24-33-22(34-39-24)10-5-4-6-11-36(23(37)19-13-26(3,14-19)28(30,31)32)21-9-7-8-20(12-21)35-15-27(16-35)17-38-18-27/h7-9,12,19H,4-6,10-11,13-18H2,1-3H3/t19-,26-. The third-order valence-corrected chi connectivity index (χ3v) is 8.33. The fraction of sp³-hybridized carbons (Fsp3) is 0.679. The summed E-state index contributed by atoms with van der Waals surface area (Å²) in [5, 5.41) is 3.83. The molecule has 2 aromatic rings. The Balaban J connectivity index is 1.22. The number of hydrogen-bond acceptors (Lipinski definition) is 6. The van der Waals surface area contributed by atoms with Gasteiger partial charge >= 0.3 is 6.18 Å². The van der Waals surface area contributed by atoms with Crippen LogP contribution in [-0.2, 0) is 21.6 Å². The highest BCUT2D eigenvalue weighted by Gasteiger charge is 2.60. The molecule has 1 saturated carbocycles. The minimum atomic E-state index is -4.32. The van der Waals surface area contributed by atoms with Crippen molar-refractivity contribution in [2.75, 3.05) is 42.6 Å². The number of halogens is 4. The number of carbonyl (C=O) groups is 1. The molecule has 1 amide bonds. The maximum Gasteiger partial charge on any atom is 0.394 e. The summed E-state index contributed by atoms with van der Waals surface area (Å²) in [6, 6.07) is 7.71. The lowest BCUT2D eigenvalue weighted by atomic mass is 9.62. The zero-order chi connectivity index (χ0) is 28.1. The number of benzene rings is 1. The number of amides is 1. The third-order valence-electron chi connectivity index (χ3n) is 8.33. The highest BCUT2D eigenvalue weighted by molar-refractivity contribution is 5.96. The monoisotopic (exact) mass is 552 g/mol. The Kier molecular flexibility index (Phi) is 7.18. The normalized spacial score (nSPS) is 24.2. The van der Waals surface area contributed by atoms with E-state index < -0.39 is 23.2 Å². The summed E-state index contributed by atoms with van der Waals surface area (Å²) in [7, 11) is 0. The first kappa shape index (κ1) is 27.9. The summed E-state index contributed by atoms with van der Waals surface area (Å²) in [4.78, 5) is 21.5. The summed E-state index contributed by atoms with van der Waals surface area (Å²) in [5.74, 6) is -0.532. The van der Waals surface area contributed by atoms with Crippen LogP contribution in [0.3, 0.4) is 0 Å². The van der Waals surface area contributed by atoms with Gasteiger partial charge in [-0.3, -0.25) is 4.79 Å². The SMILES string of the molecule is CC(C)(F)c1nc(CCCCCN(c2cccc(N3CC4(COC4)C3)c2)C(=O)[C@H]2C[C@](C)(C(F)(F)F)C2)no1. The average Bonchev–Trinajstić information content (AvgIpc) is 3.26. The molecule has 2 aliphatic heterocycles. The first-order valence-electron chi connectivity index (χ1n) is 13.6. The molecule has 2 saturated heterocycles. The summed E-state index contributed by atoms with van der Waals surface area (Å²) >= 11 is 0. The van der Waals surface area contributed by atoms with Crippen LogP contribution in [0.2, 0.25) is 0 Å². The first-order valence-corrected chi connectivity index (χ1v) is 13.6. The fourth-order valence-electron chi connectivity index (χ4n) is 5.72. The Morgan fingerprint density at radius 3 is 2.44 bits per heavy atom. The van der Waals surface area contributed by atoms with E-state index in [2.05, 4.69) is 15.0 Å². The van der Waals surface area contributed by atoms with Gasteiger partial charge < -0.3 is 19.1 Å². The van der Waals surface area contributed by atoms with Crippen LogP contribution in [0.25, 0.3) is 0 Å². The second-order valence-electron chi connectivity index (χ2n) is 12.3. The number of alkyl halides is 4. The molecule has 5 rings (SSSR count). The van der Waals surface area contributed by atoms with Crippen molar-refractivity contribution in [1.29, 1.82) is 0 Å². The molecule has 39 heavy (non-hydrogen) atoms. The van der Waals surface area contributed by atoms with E-state index in [0.717, 1.165) is 38.4 Å². The van der Waals surface area contributed by atoms with E-state index in [1.54, 1.807) is 4.90 Å². The van der Waals surface area contributed by atoms with Gasteiger partial charge in [0.15, 0.2) is 11.5 Å². The van der Waals surface area contributed by atoms with Crippen molar-refractivity contribution < 1.29 is 31.6 Å². The van der Waals surface area contributed by atoms with Crippen LogP contribution in [0.4, 0.5) is 28.9 Å². The van der Waals surface area contributed by atoms with Gasteiger partial charge in [-0.1, -0.05) is 24.6 Å². The molecule has 7 nitrogen and oxygen atoms in total. The lowest BCUT2D eigenvalue weighted by Gasteiger charge is -2.56. The molecular weight excluding hydrogens is 516 g/mol. The van der Waals surface area contributed by atoms with E-state index in [0.29, 0.717) is 37.3 Å². The predicted octanol–water partition coefficient (Wildman–Crippen LogP) is 5.84. The van der Waals surface area contributed by atoms with Gasteiger partial charge in [0.05, 0.1) is 24.0 Å². The molecule has 0 unspecified atom stereocenters. The van der Waals surface area contributed by atoms with Crippen LogP contribution in [-0.4, -0.2) is 55.1 Å². The molecule has 11 heteroatoms. The summed E-state index contributed by atoms with van der Waals surface area (Å²) in [6.07, 6.45) is -2.08. The summed E-state index contributed by atoms with van der Waals surface area (Å²) in [6.45, 7) is 7.63. The number of rotatable bonds is 10. The fourth-order valence-corrected chi connectivity index (χ4v) is 5.72. The Morgan fingerprint density at radius 2 is 1.85 bits per heavy atom. The third kappa shape index (κ3) is 5.64. The second-order valence-corrected chi connectivity index (χ2v) is 12.3. The topological polar surface area (TPSA) is 71.7 Å². The Bertz CT molecular complexity index is 1170. The number of carbonyl (C=O) groups excluding carboxylic acids is 1. The Morgan fingerprint density at radius 1 is 1.13 bits per heavy atom. The molecule has 0 radical (unpaired) electrons. The summed E-state index contributed by atoms with van der Waals surface area (Å²) in [5.41, 5.74) is -1.57. The predicted molar refractivity (Wildman–Crippen MR) is 137 cm³/mol. The van der Waals surface area contributed by atoms with Crippen LogP contribution in [0.5, 0.6) is 0 Å². The van der Waals surface area contributed by atoms with Crippen molar-refractivity contribution in [3.8, 4) is 0 Å². The van der Waals surface area contributed by atoms with Crippen molar-refractivity contribution in [3.63, 3.8) is 0 Å². The van der Waals surface area contributed by atoms with E-state index in [1.165, 1.54) is 20.8 Å². The molecule has 1 aliphatic carbocycles. The Labute approximate surface area is 225 Å². The van der Waals surface area contributed by atoms with Crippen molar-refractivity contribution in [1.82, 2.24) is 10.1 Å². The van der Waals surface area contributed by atoms with E-state index >= 15 is 0 Å². The number of anilines is 2. The molecule has 0 atom stereocenters. The molecule has 0 bridgehead atoms. The van der Waals surface area contributed by atoms with Crippen LogP contribution >= 0.6 is 0 Å². The van der Waals surface area contributed by atoms with Crippen molar-refractivity contribution in [2.24, 2.45) is 16.7 Å². The maximum absolute atomic E-state index is 14.0. The van der Waals surface area contributed by atoms with Gasteiger partial charge in [-0.25, -0.2) is 4.39 Å². The molecule has 3 heterocycles.